The minimum Gasteiger partial charge on any atom is -0.389 e. The summed E-state index contributed by atoms with van der Waals surface area (Å²) in [5.41, 5.74) is -0.530. The molecular weight excluding hydrogens is 366 g/mol. The van der Waals surface area contributed by atoms with Gasteiger partial charge >= 0.3 is 0 Å². The minimum absolute atomic E-state index is 0.0438. The first kappa shape index (κ1) is 19.9. The van der Waals surface area contributed by atoms with Crippen molar-refractivity contribution >= 4 is 17.5 Å². The van der Waals surface area contributed by atoms with Crippen molar-refractivity contribution in [1.82, 2.24) is 5.32 Å². The molecule has 5 fully saturated rings. The molecule has 4 heteroatoms. The van der Waals surface area contributed by atoms with E-state index < -0.39 is 5.60 Å². The van der Waals surface area contributed by atoms with E-state index in [1.165, 1.54) is 19.3 Å². The van der Waals surface area contributed by atoms with Gasteiger partial charge in [0.1, 0.15) is 5.78 Å². The number of nitrogens with one attached hydrogen (secondary N) is 1. The molecule has 5 aliphatic rings. The number of fused-ring (bicyclic) bond motifs is 5. The lowest BCUT2D eigenvalue weighted by Crippen LogP contribution is -2.64. The zero-order chi connectivity index (χ0) is 19.7. The molecule has 28 heavy (non-hydrogen) atoms. The first-order valence-corrected chi connectivity index (χ1v) is 12.8. The van der Waals surface area contributed by atoms with Crippen molar-refractivity contribution in [2.45, 2.75) is 94.7 Å². The predicted molar refractivity (Wildman–Crippen MR) is 115 cm³/mol. The van der Waals surface area contributed by atoms with E-state index in [2.05, 4.69) is 37.8 Å². The van der Waals surface area contributed by atoms with E-state index in [1.54, 1.807) is 0 Å². The Hall–Kier alpha value is -0.0600. The largest absolute Gasteiger partial charge is 0.389 e. The molecule has 0 aromatic rings. The second-order valence-corrected chi connectivity index (χ2v) is 13.1. The Morgan fingerprint density at radius 2 is 1.86 bits per heavy atom. The summed E-state index contributed by atoms with van der Waals surface area (Å²) in [7, 11) is 0. The molecule has 158 valence electrons. The maximum absolute atomic E-state index is 12.7. The van der Waals surface area contributed by atoms with E-state index >= 15 is 0 Å². The fourth-order valence-electron chi connectivity index (χ4n) is 8.56. The molecular formula is C24H39NO2S. The number of thioether (sulfide) groups is 1. The highest BCUT2D eigenvalue weighted by Gasteiger charge is 2.66. The zero-order valence-electron chi connectivity index (χ0n) is 18.0. The van der Waals surface area contributed by atoms with Crippen LogP contribution >= 0.6 is 11.8 Å². The van der Waals surface area contributed by atoms with E-state index in [0.29, 0.717) is 34.7 Å². The van der Waals surface area contributed by atoms with Crippen LogP contribution in [0.15, 0.2) is 0 Å². The van der Waals surface area contributed by atoms with Gasteiger partial charge in [0.25, 0.3) is 0 Å². The molecule has 9 atom stereocenters. The number of aliphatic hydroxyl groups is 1. The number of hydrogen-bond acceptors (Lipinski definition) is 4. The third kappa shape index (κ3) is 2.73. The van der Waals surface area contributed by atoms with Crippen LogP contribution in [0.2, 0.25) is 0 Å². The fourth-order valence-corrected chi connectivity index (χ4v) is 10.2. The summed E-state index contributed by atoms with van der Waals surface area (Å²) in [4.78, 5) is 12.7. The van der Waals surface area contributed by atoms with Crippen LogP contribution in [0.3, 0.4) is 0 Å². The van der Waals surface area contributed by atoms with Crippen LogP contribution < -0.4 is 5.32 Å². The number of hydrogen-bond donors (Lipinski definition) is 2. The summed E-state index contributed by atoms with van der Waals surface area (Å²) in [6, 6.07) is 0. The Labute approximate surface area is 175 Å². The van der Waals surface area contributed by atoms with Gasteiger partial charge in [-0.1, -0.05) is 20.8 Å². The van der Waals surface area contributed by atoms with Gasteiger partial charge < -0.3 is 10.4 Å². The molecule has 0 amide bonds. The van der Waals surface area contributed by atoms with E-state index in [9.17, 15) is 9.90 Å². The Kier molecular flexibility index (Phi) is 4.77. The lowest BCUT2D eigenvalue weighted by atomic mass is 9.42. The average molecular weight is 406 g/mol. The number of carbonyl (C=O) groups excluding carboxylic acids is 1. The number of Topliss-reactive ketones (excluding diaryl/α,β-unsaturated/α-hetero) is 1. The highest BCUT2D eigenvalue weighted by atomic mass is 32.2. The van der Waals surface area contributed by atoms with Gasteiger partial charge in [0.2, 0.25) is 0 Å². The lowest BCUT2D eigenvalue weighted by Gasteiger charge is -2.65. The third-order valence-corrected chi connectivity index (χ3v) is 11.8. The van der Waals surface area contributed by atoms with Gasteiger partial charge in [0, 0.05) is 28.9 Å². The summed E-state index contributed by atoms with van der Waals surface area (Å²) in [6.45, 7) is 9.38. The molecule has 1 aliphatic heterocycles. The first-order valence-electron chi connectivity index (χ1n) is 11.9. The van der Waals surface area contributed by atoms with Crippen LogP contribution in [-0.2, 0) is 4.79 Å². The Balaban J connectivity index is 1.39. The fraction of sp³-hybridized carbons (Fsp3) is 0.958. The van der Waals surface area contributed by atoms with Crippen LogP contribution in [0.1, 0.15) is 78.6 Å². The Morgan fingerprint density at radius 3 is 2.61 bits per heavy atom. The van der Waals surface area contributed by atoms with Crippen LogP contribution in [0.25, 0.3) is 0 Å². The number of rotatable bonds is 2. The highest BCUT2D eigenvalue weighted by Crippen LogP contribution is 2.68. The number of carbonyl (C=O) groups is 1. The minimum atomic E-state index is -0.508. The number of ketones is 1. The molecule has 3 unspecified atom stereocenters. The maximum Gasteiger partial charge on any atom is 0.139 e. The van der Waals surface area contributed by atoms with Gasteiger partial charge in [-0.3, -0.25) is 4.79 Å². The van der Waals surface area contributed by atoms with E-state index in [4.69, 9.17) is 0 Å². The summed E-state index contributed by atoms with van der Waals surface area (Å²) in [5, 5.41) is 16.9. The van der Waals surface area contributed by atoms with Crippen molar-refractivity contribution in [2.24, 2.45) is 34.5 Å². The summed E-state index contributed by atoms with van der Waals surface area (Å²) >= 11 is 2.16. The summed E-state index contributed by atoms with van der Waals surface area (Å²) in [6.07, 6.45) is 9.76. The van der Waals surface area contributed by atoms with Crippen LogP contribution in [0.5, 0.6) is 0 Å². The van der Waals surface area contributed by atoms with Gasteiger partial charge in [0.15, 0.2) is 0 Å². The second kappa shape index (κ2) is 6.72. The molecule has 4 saturated carbocycles. The third-order valence-electron chi connectivity index (χ3n) is 10.2. The molecule has 1 saturated heterocycles. The molecule has 1 heterocycles. The molecule has 0 aromatic carbocycles. The maximum atomic E-state index is 12.7. The van der Waals surface area contributed by atoms with Crippen LogP contribution in [0.4, 0.5) is 0 Å². The van der Waals surface area contributed by atoms with Gasteiger partial charge in [-0.15, -0.1) is 0 Å². The first-order chi connectivity index (χ1) is 13.3. The summed E-state index contributed by atoms with van der Waals surface area (Å²) in [5.74, 6) is 2.87. The molecule has 0 radical (unpaired) electrons. The normalized spacial score (nSPS) is 56.2. The van der Waals surface area contributed by atoms with Crippen molar-refractivity contribution in [2.75, 3.05) is 13.1 Å². The lowest BCUT2D eigenvalue weighted by molar-refractivity contribution is -0.217. The topological polar surface area (TPSA) is 49.3 Å². The predicted octanol–water partition coefficient (Wildman–Crippen LogP) is 4.42. The van der Waals surface area contributed by atoms with E-state index in [-0.39, 0.29) is 10.8 Å². The zero-order valence-corrected chi connectivity index (χ0v) is 18.8. The van der Waals surface area contributed by atoms with Gasteiger partial charge in [-0.05, 0) is 87.0 Å². The van der Waals surface area contributed by atoms with Crippen molar-refractivity contribution in [3.05, 3.63) is 0 Å². The van der Waals surface area contributed by atoms with Crippen molar-refractivity contribution < 1.29 is 9.90 Å². The van der Waals surface area contributed by atoms with Crippen molar-refractivity contribution in [3.8, 4) is 0 Å². The molecule has 5 rings (SSSR count). The molecule has 0 aromatic heterocycles. The van der Waals surface area contributed by atoms with E-state index in [0.717, 1.165) is 56.9 Å². The van der Waals surface area contributed by atoms with Crippen LogP contribution in [-0.4, -0.2) is 40.1 Å². The van der Waals surface area contributed by atoms with Gasteiger partial charge in [-0.25, -0.2) is 0 Å². The van der Waals surface area contributed by atoms with Gasteiger partial charge in [0.05, 0.1) is 5.60 Å². The Morgan fingerprint density at radius 1 is 1.04 bits per heavy atom. The second-order valence-electron chi connectivity index (χ2n) is 11.5. The average Bonchev–Trinajstić information content (AvgIpc) is 3.25. The van der Waals surface area contributed by atoms with Crippen LogP contribution in [0, 0.1) is 34.5 Å². The standard InChI is InChI=1S/C24H39NO2S/c1-15-12-24(27)13-16(28-17-8-11-25-14-17)6-10-23(24,3)19-7-9-22(2)18(21(15)19)4-5-20(22)26/h15-19,21,25,27H,4-14H2,1-3H3/t15?,16?,17-,18-,19+,21-,22-,23+,24?/m0/s1. The molecule has 2 N–H and O–H groups in total. The van der Waals surface area contributed by atoms with Gasteiger partial charge in [-0.2, -0.15) is 11.8 Å². The molecule has 0 bridgehead atoms. The highest BCUT2D eigenvalue weighted by molar-refractivity contribution is 8.00. The smallest absolute Gasteiger partial charge is 0.139 e. The SMILES string of the molecule is CC1CC2(O)CC(S[C@H]3CCNC3)CC[C@]2(C)[C@@H]2CC[C@]3(C)C(=O)CC[C@H]3[C@H]12. The van der Waals surface area contributed by atoms with Crippen molar-refractivity contribution in [3.63, 3.8) is 0 Å². The molecule has 3 nitrogen and oxygen atoms in total. The summed E-state index contributed by atoms with van der Waals surface area (Å²) < 4.78 is 0. The Bertz CT molecular complexity index is 649. The molecule has 0 spiro atoms. The molecule has 4 aliphatic carbocycles. The monoisotopic (exact) mass is 405 g/mol. The quantitative estimate of drug-likeness (QED) is 0.714. The van der Waals surface area contributed by atoms with Crippen molar-refractivity contribution in [1.29, 1.82) is 0 Å². The van der Waals surface area contributed by atoms with E-state index in [1.807, 2.05) is 0 Å².